The number of nitrogens with one attached hydrogen (secondary N) is 1. The second kappa shape index (κ2) is 11.6. The van der Waals surface area contributed by atoms with Crippen LogP contribution < -0.4 is 5.82 Å². The van der Waals surface area contributed by atoms with Crippen molar-refractivity contribution in [1.29, 1.82) is 0 Å². The molecule has 218 valence electrons. The number of nitrogens with zero attached hydrogens (tertiary/aromatic N) is 5. The number of aromatic nitrogens is 6. The van der Waals surface area contributed by atoms with Crippen LogP contribution in [0, 0.1) is 6.92 Å². The minimum Gasteiger partial charge on any atom is -0.453 e. The Hall–Kier alpha value is -4.84. The summed E-state index contributed by atoms with van der Waals surface area (Å²) in [7, 11) is 0. The first kappa shape index (κ1) is 23.8. The predicted molar refractivity (Wildman–Crippen MR) is 151 cm³/mol. The fourth-order valence-electron chi connectivity index (χ4n) is 4.67. The van der Waals surface area contributed by atoms with E-state index in [-0.39, 0.29) is 58.6 Å². The van der Waals surface area contributed by atoms with Crippen molar-refractivity contribution in [1.82, 2.24) is 30.2 Å². The highest BCUT2D eigenvalue weighted by Gasteiger charge is 2.34. The van der Waals surface area contributed by atoms with Gasteiger partial charge in [-0.25, -0.2) is 14.6 Å². The fraction of sp³-hybridized carbons (Fsp3) is 0.333. The fourth-order valence-corrected chi connectivity index (χ4v) is 4.67. The van der Waals surface area contributed by atoms with Crippen LogP contribution in [0.1, 0.15) is 84.7 Å². The predicted octanol–water partition coefficient (Wildman–Crippen LogP) is 4.73. The molecular weight excluding hydrogens is 540 g/mol. The van der Waals surface area contributed by atoms with Crippen molar-refractivity contribution < 1.29 is 29.0 Å². The summed E-state index contributed by atoms with van der Waals surface area (Å²) in [5.74, 6) is -0.891. The lowest BCUT2D eigenvalue weighted by atomic mass is 9.96. The number of hydrogen-bond donors (Lipinski definition) is 2. The Morgan fingerprint density at radius 1 is 1.19 bits per heavy atom. The van der Waals surface area contributed by atoms with Gasteiger partial charge in [-0.3, -0.25) is 0 Å². The maximum absolute atomic E-state index is 13.7. The maximum Gasteiger partial charge on any atom is 0.519 e. The Morgan fingerprint density at radius 2 is 1.90 bits per heavy atom. The molecule has 1 unspecified atom stereocenters. The third kappa shape index (κ3) is 5.66. The van der Waals surface area contributed by atoms with Crippen LogP contribution in [-0.2, 0) is 23.4 Å². The molecule has 1 atom stereocenters. The van der Waals surface area contributed by atoms with E-state index < -0.39 is 35.5 Å². The van der Waals surface area contributed by atoms with Gasteiger partial charge in [0.2, 0.25) is 5.82 Å². The van der Waals surface area contributed by atoms with E-state index >= 15 is 0 Å². The number of H-pyrrole nitrogens is 1. The lowest BCUT2D eigenvalue weighted by molar-refractivity contribution is 0.0393. The SMILES string of the molecule is [2H]c1c([2H])c([2H])c(-c2nn[nH]n2)c(-c2ccc(C(C)n3c(CCC)nc(C(C)(C)O)c3C(=O)OCc3oc(=O)oc3C)cc2)c1[2H]. The van der Waals surface area contributed by atoms with Crippen LogP contribution in [0.5, 0.6) is 0 Å². The van der Waals surface area contributed by atoms with Crippen LogP contribution in [-0.4, -0.2) is 41.3 Å². The van der Waals surface area contributed by atoms with E-state index in [1.165, 1.54) is 20.8 Å². The summed E-state index contributed by atoms with van der Waals surface area (Å²) in [5, 5.41) is 24.8. The molecule has 0 fully saturated rings. The Labute approximate surface area is 247 Å². The van der Waals surface area contributed by atoms with Gasteiger partial charge in [-0.05, 0) is 56.0 Å². The van der Waals surface area contributed by atoms with Gasteiger partial charge in [-0.1, -0.05) is 55.4 Å². The molecule has 0 aliphatic rings. The summed E-state index contributed by atoms with van der Waals surface area (Å²) in [4.78, 5) is 29.8. The van der Waals surface area contributed by atoms with Crippen molar-refractivity contribution >= 4 is 5.97 Å². The van der Waals surface area contributed by atoms with Gasteiger partial charge in [0.1, 0.15) is 17.1 Å². The summed E-state index contributed by atoms with van der Waals surface area (Å²) in [5.41, 5.74) is 0.169. The van der Waals surface area contributed by atoms with Crippen molar-refractivity contribution in [3.63, 3.8) is 0 Å². The first-order valence-corrected chi connectivity index (χ1v) is 13.3. The molecule has 5 rings (SSSR count). The average Bonchev–Trinajstić information content (AvgIpc) is 3.75. The molecule has 0 saturated carbocycles. The average molecular weight is 577 g/mol. The topological polar surface area (TPSA) is 162 Å². The molecule has 0 aliphatic carbocycles. The lowest BCUT2D eigenvalue weighted by Gasteiger charge is -2.22. The number of rotatable bonds is 10. The van der Waals surface area contributed by atoms with Crippen molar-refractivity contribution in [2.24, 2.45) is 0 Å². The second-order valence-electron chi connectivity index (χ2n) is 10.2. The third-order valence-electron chi connectivity index (χ3n) is 6.73. The number of tetrazole rings is 1. The Bertz CT molecular complexity index is 1960. The van der Waals surface area contributed by atoms with Crippen LogP contribution in [0.15, 0.2) is 62.1 Å². The summed E-state index contributed by atoms with van der Waals surface area (Å²) in [6.07, 6.45) is 1.19. The number of carbonyl (C=O) groups is 1. The molecule has 2 N–H and O–H groups in total. The molecule has 5 aromatic rings. The van der Waals surface area contributed by atoms with Crippen LogP contribution in [0.2, 0.25) is 0 Å². The molecule has 0 amide bonds. The monoisotopic (exact) mass is 576 g/mol. The number of aliphatic hydroxyl groups is 1. The third-order valence-corrected chi connectivity index (χ3v) is 6.73. The zero-order chi connectivity index (χ0) is 33.5. The Kier molecular flexibility index (Phi) is 6.56. The van der Waals surface area contributed by atoms with E-state index in [1.807, 2.05) is 13.8 Å². The van der Waals surface area contributed by atoms with E-state index in [0.29, 0.717) is 24.2 Å². The summed E-state index contributed by atoms with van der Waals surface area (Å²) >= 11 is 0. The molecule has 12 heteroatoms. The first-order valence-electron chi connectivity index (χ1n) is 15.3. The summed E-state index contributed by atoms with van der Waals surface area (Å²) in [6, 6.07) is 5.08. The molecule has 2 aromatic carbocycles. The number of imidazole rings is 1. The van der Waals surface area contributed by atoms with Crippen LogP contribution in [0.3, 0.4) is 0 Å². The highest BCUT2D eigenvalue weighted by atomic mass is 16.6. The molecule has 0 radical (unpaired) electrons. The minimum atomic E-state index is -1.51. The molecule has 42 heavy (non-hydrogen) atoms. The van der Waals surface area contributed by atoms with E-state index in [4.69, 9.17) is 19.1 Å². The molecule has 0 saturated heterocycles. The van der Waals surface area contributed by atoms with Crippen molar-refractivity contribution in [2.75, 3.05) is 0 Å². The van der Waals surface area contributed by atoms with E-state index in [1.54, 1.807) is 28.8 Å². The number of benzene rings is 2. The molecule has 12 nitrogen and oxygen atoms in total. The number of aromatic amines is 1. The quantitative estimate of drug-likeness (QED) is 0.222. The highest BCUT2D eigenvalue weighted by Crippen LogP contribution is 2.34. The second-order valence-corrected chi connectivity index (χ2v) is 10.2. The number of hydrogen-bond acceptors (Lipinski definition) is 10. The summed E-state index contributed by atoms with van der Waals surface area (Å²) in [6.45, 7) is 8.01. The van der Waals surface area contributed by atoms with E-state index in [9.17, 15) is 14.7 Å². The van der Waals surface area contributed by atoms with Gasteiger partial charge in [0, 0.05) is 12.0 Å². The molecular formula is C30H32N6O6. The maximum atomic E-state index is 13.7. The van der Waals surface area contributed by atoms with Crippen LogP contribution >= 0.6 is 0 Å². The normalized spacial score (nSPS) is 13.8. The minimum absolute atomic E-state index is 0.0225. The van der Waals surface area contributed by atoms with Crippen molar-refractivity contribution in [3.05, 3.63) is 93.3 Å². The van der Waals surface area contributed by atoms with Gasteiger partial charge in [-0.15, -0.1) is 10.2 Å². The molecule has 0 bridgehead atoms. The number of carbonyl (C=O) groups excluding carboxylic acids is 1. The van der Waals surface area contributed by atoms with Gasteiger partial charge in [-0.2, -0.15) is 5.21 Å². The highest BCUT2D eigenvalue weighted by molar-refractivity contribution is 5.89. The van der Waals surface area contributed by atoms with Gasteiger partial charge >= 0.3 is 11.8 Å². The van der Waals surface area contributed by atoms with Crippen molar-refractivity contribution in [2.45, 2.75) is 65.7 Å². The summed E-state index contributed by atoms with van der Waals surface area (Å²) < 4.78 is 50.6. The van der Waals surface area contributed by atoms with E-state index in [2.05, 4.69) is 25.6 Å². The smallest absolute Gasteiger partial charge is 0.453 e. The zero-order valence-corrected chi connectivity index (χ0v) is 23.7. The van der Waals surface area contributed by atoms with Gasteiger partial charge < -0.3 is 23.2 Å². The van der Waals surface area contributed by atoms with Gasteiger partial charge in [0.25, 0.3) is 0 Å². The number of aryl methyl sites for hydroxylation is 2. The van der Waals surface area contributed by atoms with Gasteiger partial charge in [0.05, 0.1) is 11.5 Å². The number of esters is 1. The van der Waals surface area contributed by atoms with Crippen molar-refractivity contribution in [3.8, 4) is 22.5 Å². The Morgan fingerprint density at radius 3 is 2.50 bits per heavy atom. The molecule has 0 aliphatic heterocycles. The largest absolute Gasteiger partial charge is 0.519 e. The first-order chi connectivity index (χ1) is 21.7. The standard InChI is InChI=1S/C30H32N6O6/c1-6-9-24-31-26(30(4,5)39)25(28(37)40-16-23-18(3)41-29(38)42-23)36(24)17(2)19-12-14-20(15-13-19)21-10-7-8-11-22(21)27-32-34-35-33-27/h7-8,10-15,17,39H,6,9,16H2,1-5H3,(H,32,33,34,35)/i7D,8D,10D,11D. The van der Waals surface area contributed by atoms with Gasteiger partial charge in [0.15, 0.2) is 23.8 Å². The zero-order valence-electron chi connectivity index (χ0n) is 27.7. The molecule has 0 spiro atoms. The van der Waals surface area contributed by atoms with Crippen LogP contribution in [0.4, 0.5) is 0 Å². The lowest BCUT2D eigenvalue weighted by Crippen LogP contribution is -2.24. The molecule has 3 heterocycles. The molecule has 3 aromatic heterocycles. The van der Waals surface area contributed by atoms with Crippen LogP contribution in [0.25, 0.3) is 22.5 Å². The Balaban J connectivity index is 1.58. The number of ether oxygens (including phenoxy) is 1. The van der Waals surface area contributed by atoms with E-state index in [0.717, 1.165) is 5.56 Å².